The number of piperidine rings is 1. The second kappa shape index (κ2) is 5.82. The summed E-state index contributed by atoms with van der Waals surface area (Å²) in [5.41, 5.74) is 7.51. The van der Waals surface area contributed by atoms with Crippen molar-refractivity contribution in [2.24, 2.45) is 11.7 Å². The molecule has 1 aliphatic carbocycles. The monoisotopic (exact) mass is 276 g/mol. The topological polar surface area (TPSA) is 29.3 Å². The number of likely N-dealkylation sites (tertiary alicyclic amines) is 1. The van der Waals surface area contributed by atoms with Gasteiger partial charge in [0, 0.05) is 25.2 Å². The second-order valence-corrected chi connectivity index (χ2v) is 6.51. The van der Waals surface area contributed by atoms with Crippen LogP contribution in [0.5, 0.6) is 0 Å². The number of nitrogens with two attached hydrogens (primary N) is 1. The molecule has 1 saturated heterocycles. The summed E-state index contributed by atoms with van der Waals surface area (Å²) in [6.45, 7) is 4.39. The van der Waals surface area contributed by atoms with Crippen LogP contribution >= 0.6 is 0 Å². The van der Waals surface area contributed by atoms with Crippen molar-refractivity contribution in [1.82, 2.24) is 4.90 Å². The third kappa shape index (κ3) is 3.04. The highest BCUT2D eigenvalue weighted by molar-refractivity contribution is 5.22. The molecule has 110 valence electrons. The van der Waals surface area contributed by atoms with Crippen LogP contribution in [0.4, 0.5) is 4.39 Å². The zero-order chi connectivity index (χ0) is 14.1. The zero-order valence-electron chi connectivity index (χ0n) is 12.3. The lowest BCUT2D eigenvalue weighted by molar-refractivity contribution is 0.116. The summed E-state index contributed by atoms with van der Waals surface area (Å²) in [5, 5.41) is 0. The molecular weight excluding hydrogens is 251 g/mol. The summed E-state index contributed by atoms with van der Waals surface area (Å²) in [4.78, 5) is 2.60. The normalized spacial score (nSPS) is 29.4. The van der Waals surface area contributed by atoms with Crippen molar-refractivity contribution in [3.8, 4) is 0 Å². The predicted molar refractivity (Wildman–Crippen MR) is 80.1 cm³/mol. The van der Waals surface area contributed by atoms with Gasteiger partial charge in [0.25, 0.3) is 0 Å². The Balaban J connectivity index is 1.73. The minimum absolute atomic E-state index is 0.157. The Kier molecular flexibility index (Phi) is 4.08. The minimum Gasteiger partial charge on any atom is -0.327 e. The van der Waals surface area contributed by atoms with E-state index in [1.165, 1.54) is 24.8 Å². The van der Waals surface area contributed by atoms with Gasteiger partial charge in [-0.05, 0) is 55.2 Å². The van der Waals surface area contributed by atoms with Gasteiger partial charge in [-0.3, -0.25) is 4.90 Å². The van der Waals surface area contributed by atoms with E-state index in [2.05, 4.69) is 11.8 Å². The highest BCUT2D eigenvalue weighted by Crippen LogP contribution is 2.39. The van der Waals surface area contributed by atoms with Gasteiger partial charge >= 0.3 is 0 Å². The first kappa shape index (κ1) is 14.0. The molecule has 3 heteroatoms. The van der Waals surface area contributed by atoms with Gasteiger partial charge in [-0.1, -0.05) is 19.1 Å². The van der Waals surface area contributed by atoms with Crippen molar-refractivity contribution >= 4 is 0 Å². The SMILES string of the molecule is CCC(C1CC1)N1CC(N)CC(c2ccc(F)cc2)C1. The lowest BCUT2D eigenvalue weighted by Crippen LogP contribution is -2.50. The quantitative estimate of drug-likeness (QED) is 0.915. The second-order valence-electron chi connectivity index (χ2n) is 6.51. The lowest BCUT2D eigenvalue weighted by Gasteiger charge is -2.41. The summed E-state index contributed by atoms with van der Waals surface area (Å²) in [5.74, 6) is 1.18. The molecule has 3 unspecified atom stereocenters. The van der Waals surface area contributed by atoms with Crippen molar-refractivity contribution in [2.75, 3.05) is 13.1 Å². The van der Waals surface area contributed by atoms with E-state index < -0.39 is 0 Å². The molecule has 0 bridgehead atoms. The molecule has 0 spiro atoms. The largest absolute Gasteiger partial charge is 0.327 e. The molecule has 1 saturated carbocycles. The fraction of sp³-hybridized carbons (Fsp3) is 0.647. The highest BCUT2D eigenvalue weighted by atomic mass is 19.1. The summed E-state index contributed by atoms with van der Waals surface area (Å²) in [6, 6.07) is 7.93. The third-order valence-electron chi connectivity index (χ3n) is 4.91. The molecule has 1 heterocycles. The molecule has 2 aliphatic rings. The number of hydrogen-bond donors (Lipinski definition) is 1. The van der Waals surface area contributed by atoms with Crippen molar-refractivity contribution in [2.45, 2.75) is 50.6 Å². The van der Waals surface area contributed by atoms with E-state index in [9.17, 15) is 4.39 Å². The molecular formula is C17H25FN2. The van der Waals surface area contributed by atoms with Crippen LogP contribution in [0.2, 0.25) is 0 Å². The summed E-state index contributed by atoms with van der Waals surface area (Å²) in [6.07, 6.45) is 4.99. The fourth-order valence-corrected chi connectivity index (χ4v) is 3.79. The molecule has 1 aromatic rings. The van der Waals surface area contributed by atoms with Crippen LogP contribution in [0.3, 0.4) is 0 Å². The first-order valence-electron chi connectivity index (χ1n) is 7.92. The van der Waals surface area contributed by atoms with E-state index in [0.717, 1.165) is 25.4 Å². The summed E-state index contributed by atoms with van der Waals surface area (Å²) >= 11 is 0. The molecule has 20 heavy (non-hydrogen) atoms. The van der Waals surface area contributed by atoms with Crippen LogP contribution in [-0.4, -0.2) is 30.1 Å². The smallest absolute Gasteiger partial charge is 0.123 e. The van der Waals surface area contributed by atoms with Crippen LogP contribution in [0.1, 0.15) is 44.1 Å². The standard InChI is InChI=1S/C17H25FN2/c1-2-17(13-3-4-13)20-10-14(9-16(19)11-20)12-5-7-15(18)8-6-12/h5-8,13-14,16-17H,2-4,9-11,19H2,1H3. The molecule has 0 radical (unpaired) electrons. The number of halogens is 1. The first-order chi connectivity index (χ1) is 9.67. The van der Waals surface area contributed by atoms with Crippen molar-refractivity contribution in [1.29, 1.82) is 0 Å². The van der Waals surface area contributed by atoms with E-state index in [1.54, 1.807) is 12.1 Å². The van der Waals surface area contributed by atoms with Crippen LogP contribution in [0.15, 0.2) is 24.3 Å². The molecule has 3 atom stereocenters. The average molecular weight is 276 g/mol. The molecule has 2 N–H and O–H groups in total. The average Bonchev–Trinajstić information content (AvgIpc) is 3.24. The number of rotatable bonds is 4. The van der Waals surface area contributed by atoms with Gasteiger partial charge in [0.2, 0.25) is 0 Å². The van der Waals surface area contributed by atoms with Crippen molar-refractivity contribution in [3.63, 3.8) is 0 Å². The number of nitrogens with zero attached hydrogens (tertiary/aromatic N) is 1. The van der Waals surface area contributed by atoms with Gasteiger partial charge in [-0.25, -0.2) is 4.39 Å². The van der Waals surface area contributed by atoms with Crippen LogP contribution in [-0.2, 0) is 0 Å². The third-order valence-corrected chi connectivity index (χ3v) is 4.91. The lowest BCUT2D eigenvalue weighted by atomic mass is 9.87. The Morgan fingerprint density at radius 1 is 1.25 bits per heavy atom. The van der Waals surface area contributed by atoms with E-state index in [1.807, 2.05) is 12.1 Å². The van der Waals surface area contributed by atoms with Crippen molar-refractivity contribution in [3.05, 3.63) is 35.6 Å². The minimum atomic E-state index is -0.157. The zero-order valence-corrected chi connectivity index (χ0v) is 12.3. The van der Waals surface area contributed by atoms with Crippen LogP contribution in [0, 0.1) is 11.7 Å². The van der Waals surface area contributed by atoms with E-state index in [4.69, 9.17) is 5.73 Å². The first-order valence-corrected chi connectivity index (χ1v) is 7.92. The Bertz CT molecular complexity index is 441. The molecule has 2 fully saturated rings. The maximum atomic E-state index is 13.1. The highest BCUT2D eigenvalue weighted by Gasteiger charge is 2.37. The fourth-order valence-electron chi connectivity index (χ4n) is 3.79. The van der Waals surface area contributed by atoms with Gasteiger partial charge < -0.3 is 5.73 Å². The van der Waals surface area contributed by atoms with Gasteiger partial charge in [-0.15, -0.1) is 0 Å². The Hall–Kier alpha value is -0.930. The molecule has 3 rings (SSSR count). The molecule has 2 nitrogen and oxygen atoms in total. The predicted octanol–water partition coefficient (Wildman–Crippen LogP) is 3.13. The summed E-state index contributed by atoms with van der Waals surface area (Å²) in [7, 11) is 0. The van der Waals surface area contributed by atoms with E-state index in [-0.39, 0.29) is 11.9 Å². The Morgan fingerprint density at radius 3 is 2.55 bits per heavy atom. The molecule has 0 amide bonds. The van der Waals surface area contributed by atoms with E-state index in [0.29, 0.717) is 12.0 Å². The van der Waals surface area contributed by atoms with Gasteiger partial charge in [-0.2, -0.15) is 0 Å². The Morgan fingerprint density at radius 2 is 1.95 bits per heavy atom. The van der Waals surface area contributed by atoms with Gasteiger partial charge in [0.05, 0.1) is 0 Å². The van der Waals surface area contributed by atoms with Crippen LogP contribution < -0.4 is 5.73 Å². The van der Waals surface area contributed by atoms with Gasteiger partial charge in [0.1, 0.15) is 5.82 Å². The summed E-state index contributed by atoms with van der Waals surface area (Å²) < 4.78 is 13.1. The molecule has 1 aliphatic heterocycles. The number of benzene rings is 1. The molecule has 0 aromatic heterocycles. The maximum absolute atomic E-state index is 13.1. The maximum Gasteiger partial charge on any atom is 0.123 e. The van der Waals surface area contributed by atoms with Gasteiger partial charge in [0.15, 0.2) is 0 Å². The van der Waals surface area contributed by atoms with Crippen LogP contribution in [0.25, 0.3) is 0 Å². The number of hydrogen-bond acceptors (Lipinski definition) is 2. The molecule has 1 aromatic carbocycles. The van der Waals surface area contributed by atoms with E-state index >= 15 is 0 Å². The van der Waals surface area contributed by atoms with Crippen molar-refractivity contribution < 1.29 is 4.39 Å². The Labute approximate surface area is 121 Å².